The summed E-state index contributed by atoms with van der Waals surface area (Å²) in [6.45, 7) is 1.77. The van der Waals surface area contributed by atoms with Crippen LogP contribution in [0.1, 0.15) is 27.8 Å². The van der Waals surface area contributed by atoms with Gasteiger partial charge >= 0.3 is 0 Å². The number of halogens is 1. The topological polar surface area (TPSA) is 27.7 Å². The van der Waals surface area contributed by atoms with E-state index in [1.165, 1.54) is 0 Å². The molecular weight excluding hydrogens is 607 g/mol. The van der Waals surface area contributed by atoms with Gasteiger partial charge in [0, 0.05) is 31.4 Å². The largest absolute Gasteiger partial charge is 0.356 e. The van der Waals surface area contributed by atoms with E-state index in [4.69, 9.17) is 20.6 Å². The van der Waals surface area contributed by atoms with Crippen molar-refractivity contribution < 1.29 is 14.2 Å². The monoisotopic (exact) mass is 632 g/mol. The van der Waals surface area contributed by atoms with Crippen LogP contribution in [0.15, 0.2) is 72.8 Å². The molecule has 0 fully saturated rings. The first kappa shape index (κ1) is 30.2. The molecule has 0 saturated heterocycles. The maximum absolute atomic E-state index is 5.52. The van der Waals surface area contributed by atoms with E-state index in [1.807, 2.05) is 72.8 Å². The Kier molecular flexibility index (Phi) is 14.2. The molecule has 0 radical (unpaired) electrons. The van der Waals surface area contributed by atoms with Crippen molar-refractivity contribution in [1.82, 2.24) is 0 Å². The normalized spacial score (nSPS) is 9.00. The first-order chi connectivity index (χ1) is 19.7. The molecule has 0 aromatic heterocycles. The summed E-state index contributed by atoms with van der Waals surface area (Å²) >= 11 is 2.27. The Morgan fingerprint density at radius 1 is 0.475 bits per heavy atom. The molecule has 40 heavy (non-hydrogen) atoms. The van der Waals surface area contributed by atoms with Crippen molar-refractivity contribution in [2.75, 3.05) is 39.6 Å². The minimum absolute atomic E-state index is 0.258. The summed E-state index contributed by atoms with van der Waals surface area (Å²) in [5, 5.41) is 0. The van der Waals surface area contributed by atoms with Gasteiger partial charge in [-0.15, -0.1) is 6.42 Å². The number of ether oxygens (including phenoxy) is 3. The Labute approximate surface area is 251 Å². The Balaban J connectivity index is 1.37. The number of rotatable bonds is 6. The van der Waals surface area contributed by atoms with Crippen LogP contribution < -0.4 is 0 Å². The lowest BCUT2D eigenvalue weighted by Crippen LogP contribution is -1.92. The zero-order valence-corrected chi connectivity index (χ0v) is 24.0. The number of hydrogen-bond acceptors (Lipinski definition) is 3. The number of hydrogen-bond donors (Lipinski definition) is 0. The molecule has 0 atom stereocenters. The van der Waals surface area contributed by atoms with Crippen LogP contribution in [0.4, 0.5) is 0 Å². The van der Waals surface area contributed by atoms with Gasteiger partial charge in [0.25, 0.3) is 0 Å². The predicted molar refractivity (Wildman–Crippen MR) is 168 cm³/mol. The molecule has 0 aliphatic carbocycles. The first-order valence-electron chi connectivity index (χ1n) is 12.3. The highest BCUT2D eigenvalue weighted by molar-refractivity contribution is 14.1. The summed E-state index contributed by atoms with van der Waals surface area (Å²) in [5.41, 5.74) is 4.45. The molecular formula is C36H25IO3. The summed E-state index contributed by atoms with van der Waals surface area (Å²) in [7, 11) is 0. The molecule has 0 N–H and O–H groups in total. The lowest BCUT2D eigenvalue weighted by molar-refractivity contribution is 0.204. The molecule has 0 spiro atoms. The van der Waals surface area contributed by atoms with E-state index in [-0.39, 0.29) is 19.8 Å². The molecule has 0 saturated carbocycles. The van der Waals surface area contributed by atoms with Gasteiger partial charge in [-0.2, -0.15) is 0 Å². The summed E-state index contributed by atoms with van der Waals surface area (Å²) in [4.78, 5) is 0. The van der Waals surface area contributed by atoms with Crippen LogP contribution in [0.2, 0.25) is 0 Å². The molecule has 3 aromatic carbocycles. The molecule has 3 aromatic rings. The van der Waals surface area contributed by atoms with E-state index in [1.54, 1.807) is 0 Å². The Morgan fingerprint density at radius 2 is 0.800 bits per heavy atom. The van der Waals surface area contributed by atoms with Crippen molar-refractivity contribution in [2.24, 2.45) is 0 Å². The van der Waals surface area contributed by atoms with E-state index >= 15 is 0 Å². The molecule has 194 valence electrons. The first-order valence-corrected chi connectivity index (χ1v) is 13.4. The van der Waals surface area contributed by atoms with Gasteiger partial charge in [0.1, 0.15) is 39.6 Å². The minimum Gasteiger partial charge on any atom is -0.356 e. The summed E-state index contributed by atoms with van der Waals surface area (Å²) in [5.74, 6) is 32.7. The fourth-order valence-corrected chi connectivity index (χ4v) is 3.62. The average Bonchev–Trinajstić information content (AvgIpc) is 2.96. The van der Waals surface area contributed by atoms with Crippen LogP contribution in [0, 0.1) is 75.1 Å². The van der Waals surface area contributed by atoms with Gasteiger partial charge in [0.15, 0.2) is 0 Å². The van der Waals surface area contributed by atoms with Gasteiger partial charge in [-0.05, 0) is 77.2 Å². The standard InChI is InChI=1S/C36H25IO3/c1-2-22-38-23-6-16-31-11-3-12-32(28-31)17-7-24-39-25-8-18-33-13-4-14-34(29-33)19-9-26-40-27-10-20-35-15-5-21-36(37)30-35/h1,3-5,11-15,21,28-30H,22-27H2. The Hall–Kier alpha value is -4.37. The lowest BCUT2D eigenvalue weighted by atomic mass is 10.1. The van der Waals surface area contributed by atoms with Crippen LogP contribution >= 0.6 is 22.6 Å². The van der Waals surface area contributed by atoms with Gasteiger partial charge < -0.3 is 14.2 Å². The fraction of sp³-hybridized carbons (Fsp3) is 0.167. The molecule has 0 amide bonds. The fourth-order valence-electron chi connectivity index (χ4n) is 3.07. The SMILES string of the molecule is C#CCOCC#Cc1cccc(C#CCOCC#Cc2cccc(C#CCOCC#Cc3cccc(I)c3)c2)c1. The van der Waals surface area contributed by atoms with E-state index in [9.17, 15) is 0 Å². The van der Waals surface area contributed by atoms with Crippen LogP contribution in [-0.4, -0.2) is 39.6 Å². The number of benzene rings is 3. The Bertz CT molecular complexity index is 1640. The van der Waals surface area contributed by atoms with Crippen LogP contribution in [-0.2, 0) is 14.2 Å². The van der Waals surface area contributed by atoms with E-state index < -0.39 is 0 Å². The van der Waals surface area contributed by atoms with E-state index in [0.29, 0.717) is 19.8 Å². The van der Waals surface area contributed by atoms with Crippen LogP contribution in [0.5, 0.6) is 0 Å². The van der Waals surface area contributed by atoms with Gasteiger partial charge in [0.05, 0.1) is 0 Å². The highest BCUT2D eigenvalue weighted by Gasteiger charge is 1.92. The summed E-state index contributed by atoms with van der Waals surface area (Å²) < 4.78 is 17.3. The molecule has 3 nitrogen and oxygen atoms in total. The van der Waals surface area contributed by atoms with Gasteiger partial charge in [-0.25, -0.2) is 0 Å². The average molecular weight is 632 g/mol. The van der Waals surface area contributed by atoms with Crippen molar-refractivity contribution >= 4 is 22.6 Å². The smallest absolute Gasteiger partial charge is 0.109 e. The predicted octanol–water partition coefficient (Wildman–Crippen LogP) is 5.13. The quantitative estimate of drug-likeness (QED) is 0.214. The van der Waals surface area contributed by atoms with Crippen molar-refractivity contribution in [3.8, 4) is 71.5 Å². The third-order valence-electron chi connectivity index (χ3n) is 4.77. The Morgan fingerprint density at radius 3 is 1.15 bits per heavy atom. The van der Waals surface area contributed by atoms with Crippen LogP contribution in [0.3, 0.4) is 0 Å². The molecule has 0 aliphatic rings. The second-order valence-electron chi connectivity index (χ2n) is 7.86. The van der Waals surface area contributed by atoms with Crippen molar-refractivity contribution in [3.05, 3.63) is 104 Å². The highest BCUT2D eigenvalue weighted by atomic mass is 127. The van der Waals surface area contributed by atoms with Crippen LogP contribution in [0.25, 0.3) is 0 Å². The lowest BCUT2D eigenvalue weighted by Gasteiger charge is -1.95. The zero-order valence-electron chi connectivity index (χ0n) is 21.9. The van der Waals surface area contributed by atoms with E-state index in [0.717, 1.165) is 31.4 Å². The van der Waals surface area contributed by atoms with Gasteiger partial charge in [0.2, 0.25) is 0 Å². The number of terminal acetylenes is 1. The second-order valence-corrected chi connectivity index (χ2v) is 9.11. The molecule has 0 heterocycles. The van der Waals surface area contributed by atoms with Crippen molar-refractivity contribution in [2.45, 2.75) is 0 Å². The summed E-state index contributed by atoms with van der Waals surface area (Å²) in [6.07, 6.45) is 5.13. The second kappa shape index (κ2) is 18.8. The molecule has 0 unspecified atom stereocenters. The third kappa shape index (κ3) is 12.9. The van der Waals surface area contributed by atoms with Crippen molar-refractivity contribution in [1.29, 1.82) is 0 Å². The van der Waals surface area contributed by atoms with Crippen molar-refractivity contribution in [3.63, 3.8) is 0 Å². The maximum atomic E-state index is 5.52. The molecule has 3 rings (SSSR count). The highest BCUT2D eigenvalue weighted by Crippen LogP contribution is 2.06. The van der Waals surface area contributed by atoms with Gasteiger partial charge in [-0.3, -0.25) is 0 Å². The molecule has 0 aliphatic heterocycles. The molecule has 4 heteroatoms. The third-order valence-corrected chi connectivity index (χ3v) is 5.44. The summed E-state index contributed by atoms with van der Waals surface area (Å²) in [6, 6.07) is 23.5. The van der Waals surface area contributed by atoms with Gasteiger partial charge in [-0.1, -0.05) is 83.3 Å². The van der Waals surface area contributed by atoms with E-state index in [2.05, 4.69) is 87.7 Å². The zero-order chi connectivity index (χ0) is 28.1. The minimum atomic E-state index is 0.258. The maximum Gasteiger partial charge on any atom is 0.109 e. The molecule has 0 bridgehead atoms.